The molecule has 3 heteroatoms. The minimum Gasteiger partial charge on any atom is -0.489 e. The molecule has 0 aliphatic carbocycles. The van der Waals surface area contributed by atoms with Gasteiger partial charge in [-0.05, 0) is 45.0 Å². The highest BCUT2D eigenvalue weighted by Gasteiger charge is 2.08. The molecule has 1 rings (SSSR count). The Morgan fingerprint density at radius 3 is 2.75 bits per heavy atom. The summed E-state index contributed by atoms with van der Waals surface area (Å²) in [6.07, 6.45) is 2.03. The minimum atomic E-state index is -0.0830. The molecule has 16 heavy (non-hydrogen) atoms. The van der Waals surface area contributed by atoms with Crippen LogP contribution in [0.25, 0.3) is 0 Å². The third-order valence-corrected chi connectivity index (χ3v) is 2.43. The molecule has 0 aliphatic heterocycles. The quantitative estimate of drug-likeness (QED) is 0.813. The summed E-state index contributed by atoms with van der Waals surface area (Å²) in [4.78, 5) is 0. The van der Waals surface area contributed by atoms with E-state index in [0.717, 1.165) is 11.3 Å². The van der Waals surface area contributed by atoms with Crippen LogP contribution >= 0.6 is 11.6 Å². The fourth-order valence-electron chi connectivity index (χ4n) is 1.30. The SMILES string of the molecule is CC(C)=CCOc1ccc(Cl)cc1[C@H](C)N. The summed E-state index contributed by atoms with van der Waals surface area (Å²) in [5, 5.41) is 0.682. The predicted molar refractivity (Wildman–Crippen MR) is 69.0 cm³/mol. The maximum Gasteiger partial charge on any atom is 0.124 e. The lowest BCUT2D eigenvalue weighted by atomic mass is 10.1. The van der Waals surface area contributed by atoms with Gasteiger partial charge in [0.05, 0.1) is 0 Å². The second-order valence-corrected chi connectivity index (χ2v) is 4.50. The van der Waals surface area contributed by atoms with Crippen LogP contribution < -0.4 is 10.5 Å². The number of ether oxygens (including phenoxy) is 1. The van der Waals surface area contributed by atoms with E-state index in [4.69, 9.17) is 22.1 Å². The van der Waals surface area contributed by atoms with Crippen LogP contribution in [0.3, 0.4) is 0 Å². The van der Waals surface area contributed by atoms with E-state index in [1.807, 2.05) is 45.0 Å². The van der Waals surface area contributed by atoms with Crippen molar-refractivity contribution < 1.29 is 4.74 Å². The van der Waals surface area contributed by atoms with Gasteiger partial charge < -0.3 is 10.5 Å². The fourth-order valence-corrected chi connectivity index (χ4v) is 1.49. The molecule has 2 N–H and O–H groups in total. The van der Waals surface area contributed by atoms with Crippen molar-refractivity contribution in [2.75, 3.05) is 6.61 Å². The summed E-state index contributed by atoms with van der Waals surface area (Å²) in [6.45, 7) is 6.55. The van der Waals surface area contributed by atoms with Gasteiger partial charge in [0.2, 0.25) is 0 Å². The van der Waals surface area contributed by atoms with Crippen LogP contribution in [-0.4, -0.2) is 6.61 Å². The first-order chi connectivity index (χ1) is 7.50. The van der Waals surface area contributed by atoms with Gasteiger partial charge in [0.15, 0.2) is 0 Å². The zero-order chi connectivity index (χ0) is 12.1. The Morgan fingerprint density at radius 2 is 2.19 bits per heavy atom. The summed E-state index contributed by atoms with van der Waals surface area (Å²) < 4.78 is 5.65. The Kier molecular flexibility index (Phi) is 4.84. The van der Waals surface area contributed by atoms with Gasteiger partial charge >= 0.3 is 0 Å². The second-order valence-electron chi connectivity index (χ2n) is 4.06. The molecule has 0 heterocycles. The molecule has 88 valence electrons. The lowest BCUT2D eigenvalue weighted by Crippen LogP contribution is -2.08. The van der Waals surface area contributed by atoms with Gasteiger partial charge in [0.1, 0.15) is 12.4 Å². The number of hydrogen-bond acceptors (Lipinski definition) is 2. The maximum absolute atomic E-state index is 5.92. The average Bonchev–Trinajstić information content (AvgIpc) is 2.19. The van der Waals surface area contributed by atoms with Crippen molar-refractivity contribution in [3.63, 3.8) is 0 Å². The van der Waals surface area contributed by atoms with Gasteiger partial charge in [0.25, 0.3) is 0 Å². The van der Waals surface area contributed by atoms with E-state index in [-0.39, 0.29) is 6.04 Å². The van der Waals surface area contributed by atoms with Crippen molar-refractivity contribution >= 4 is 11.6 Å². The lowest BCUT2D eigenvalue weighted by molar-refractivity contribution is 0.356. The smallest absolute Gasteiger partial charge is 0.124 e. The van der Waals surface area contributed by atoms with E-state index in [1.54, 1.807) is 0 Å². The van der Waals surface area contributed by atoms with E-state index < -0.39 is 0 Å². The van der Waals surface area contributed by atoms with Crippen LogP contribution in [0.2, 0.25) is 5.02 Å². The Balaban J connectivity index is 2.82. The lowest BCUT2D eigenvalue weighted by Gasteiger charge is -2.13. The molecule has 0 spiro atoms. The van der Waals surface area contributed by atoms with E-state index in [1.165, 1.54) is 5.57 Å². The number of rotatable bonds is 4. The van der Waals surface area contributed by atoms with Crippen molar-refractivity contribution in [1.29, 1.82) is 0 Å². The monoisotopic (exact) mass is 239 g/mol. The Hall–Kier alpha value is -0.990. The molecule has 0 saturated heterocycles. The molecule has 0 fully saturated rings. The number of hydrogen-bond donors (Lipinski definition) is 1. The van der Waals surface area contributed by atoms with Crippen molar-refractivity contribution in [3.8, 4) is 5.75 Å². The third kappa shape index (κ3) is 3.87. The summed E-state index contributed by atoms with van der Waals surface area (Å²) in [5.74, 6) is 0.803. The molecule has 1 atom stereocenters. The highest BCUT2D eigenvalue weighted by atomic mass is 35.5. The predicted octanol–water partition coefficient (Wildman–Crippen LogP) is 3.70. The van der Waals surface area contributed by atoms with Crippen LogP contribution in [0.1, 0.15) is 32.4 Å². The van der Waals surface area contributed by atoms with Crippen molar-refractivity contribution in [2.24, 2.45) is 5.73 Å². The van der Waals surface area contributed by atoms with Gasteiger partial charge in [-0.25, -0.2) is 0 Å². The van der Waals surface area contributed by atoms with E-state index in [0.29, 0.717) is 11.6 Å². The number of benzene rings is 1. The molecule has 0 amide bonds. The summed E-state index contributed by atoms with van der Waals surface area (Å²) in [5.41, 5.74) is 8.03. The molecule has 0 bridgehead atoms. The molecule has 0 aliphatic rings. The number of nitrogens with two attached hydrogens (primary N) is 1. The molecule has 1 aromatic rings. The first kappa shape index (κ1) is 13.1. The Morgan fingerprint density at radius 1 is 1.50 bits per heavy atom. The molecule has 0 aromatic heterocycles. The van der Waals surface area contributed by atoms with Gasteiger partial charge in [0, 0.05) is 16.6 Å². The standard InChI is InChI=1S/C13H18ClNO/c1-9(2)6-7-16-13-5-4-11(14)8-12(13)10(3)15/h4-6,8,10H,7,15H2,1-3H3/t10-/m0/s1. The van der Waals surface area contributed by atoms with Crippen molar-refractivity contribution in [3.05, 3.63) is 40.4 Å². The first-order valence-electron chi connectivity index (χ1n) is 5.32. The fraction of sp³-hybridized carbons (Fsp3) is 0.385. The van der Waals surface area contributed by atoms with Gasteiger partial charge in [-0.15, -0.1) is 0 Å². The van der Waals surface area contributed by atoms with Crippen LogP contribution in [0.5, 0.6) is 5.75 Å². The molecule has 0 saturated carbocycles. The average molecular weight is 240 g/mol. The topological polar surface area (TPSA) is 35.2 Å². The molecular weight excluding hydrogens is 222 g/mol. The third-order valence-electron chi connectivity index (χ3n) is 2.19. The zero-order valence-corrected chi connectivity index (χ0v) is 10.7. The number of allylic oxidation sites excluding steroid dienone is 1. The largest absolute Gasteiger partial charge is 0.489 e. The molecule has 2 nitrogen and oxygen atoms in total. The minimum absolute atomic E-state index is 0.0830. The van der Waals surface area contributed by atoms with E-state index in [9.17, 15) is 0 Å². The van der Waals surface area contributed by atoms with Crippen LogP contribution in [0.4, 0.5) is 0 Å². The molecular formula is C13H18ClNO. The molecule has 1 aromatic carbocycles. The highest BCUT2D eigenvalue weighted by molar-refractivity contribution is 6.30. The highest BCUT2D eigenvalue weighted by Crippen LogP contribution is 2.27. The summed E-state index contributed by atoms with van der Waals surface area (Å²) >= 11 is 5.92. The molecule has 0 radical (unpaired) electrons. The van der Waals surface area contributed by atoms with Crippen LogP contribution in [0, 0.1) is 0 Å². The van der Waals surface area contributed by atoms with Crippen molar-refractivity contribution in [2.45, 2.75) is 26.8 Å². The van der Waals surface area contributed by atoms with Gasteiger partial charge in [-0.3, -0.25) is 0 Å². The van der Waals surface area contributed by atoms with Crippen molar-refractivity contribution in [1.82, 2.24) is 0 Å². The summed E-state index contributed by atoms with van der Waals surface area (Å²) in [7, 11) is 0. The number of halogens is 1. The second kappa shape index (κ2) is 5.92. The van der Waals surface area contributed by atoms with Gasteiger partial charge in [-0.2, -0.15) is 0 Å². The normalized spacial score (nSPS) is 12.1. The van der Waals surface area contributed by atoms with E-state index >= 15 is 0 Å². The maximum atomic E-state index is 5.92. The molecule has 0 unspecified atom stereocenters. The van der Waals surface area contributed by atoms with Gasteiger partial charge in [-0.1, -0.05) is 17.2 Å². The Bertz CT molecular complexity index is 382. The van der Waals surface area contributed by atoms with E-state index in [2.05, 4.69) is 0 Å². The van der Waals surface area contributed by atoms with Crippen LogP contribution in [-0.2, 0) is 0 Å². The van der Waals surface area contributed by atoms with Crippen LogP contribution in [0.15, 0.2) is 29.8 Å². The Labute approximate surface area is 102 Å². The zero-order valence-electron chi connectivity index (χ0n) is 9.96. The first-order valence-corrected chi connectivity index (χ1v) is 5.69. The summed E-state index contributed by atoms with van der Waals surface area (Å²) in [6, 6.07) is 5.44.